The van der Waals surface area contributed by atoms with E-state index in [1.54, 1.807) is 0 Å². The van der Waals surface area contributed by atoms with Crippen LogP contribution in [-0.4, -0.2) is 66.6 Å². The maximum absolute atomic E-state index is 4.63. The lowest BCUT2D eigenvalue weighted by Crippen LogP contribution is -2.46. The summed E-state index contributed by atoms with van der Waals surface area (Å²) < 4.78 is 0. The summed E-state index contributed by atoms with van der Waals surface area (Å²) in [5.74, 6) is 0.873. The lowest BCUT2D eigenvalue weighted by atomic mass is 10.2. The second-order valence-electron chi connectivity index (χ2n) is 7.75. The van der Waals surface area contributed by atoms with E-state index in [0.717, 1.165) is 50.8 Å². The van der Waals surface area contributed by atoms with E-state index in [1.807, 2.05) is 24.4 Å². The van der Waals surface area contributed by atoms with Crippen molar-refractivity contribution in [3.05, 3.63) is 66.0 Å². The minimum atomic E-state index is 0.601. The molecule has 0 aliphatic carbocycles. The maximum atomic E-state index is 4.63. The lowest BCUT2D eigenvalue weighted by Gasteiger charge is -2.34. The number of aliphatic imine (C=N–C) groups is 1. The van der Waals surface area contributed by atoms with E-state index in [1.165, 1.54) is 31.6 Å². The number of unbranched alkanes of at least 4 members (excludes halogenated alkanes) is 1. The van der Waals surface area contributed by atoms with Gasteiger partial charge in [-0.25, -0.2) is 4.99 Å². The van der Waals surface area contributed by atoms with Crippen LogP contribution in [0.3, 0.4) is 0 Å². The predicted molar refractivity (Wildman–Crippen MR) is 124 cm³/mol. The average Bonchev–Trinajstić information content (AvgIpc) is 2.79. The number of hydrogen-bond donors (Lipinski definition) is 2. The molecule has 1 saturated heterocycles. The number of nitrogens with one attached hydrogen (secondary N) is 2. The van der Waals surface area contributed by atoms with E-state index >= 15 is 0 Å². The van der Waals surface area contributed by atoms with Crippen molar-refractivity contribution in [3.63, 3.8) is 0 Å². The number of nitrogens with zero attached hydrogens (tertiary/aromatic N) is 4. The molecule has 0 radical (unpaired) electrons. The molecule has 1 aliphatic heterocycles. The quantitative estimate of drug-likeness (QED) is 0.360. The summed E-state index contributed by atoms with van der Waals surface area (Å²) in [6.07, 6.45) is 4.18. The monoisotopic (exact) mass is 408 g/mol. The Labute approximate surface area is 181 Å². The average molecular weight is 409 g/mol. The summed E-state index contributed by atoms with van der Waals surface area (Å²) in [4.78, 5) is 14.1. The summed E-state index contributed by atoms with van der Waals surface area (Å²) in [7, 11) is 0. The molecule has 1 aromatic heterocycles. The van der Waals surface area contributed by atoms with E-state index in [0.29, 0.717) is 6.54 Å². The number of benzene rings is 1. The summed E-state index contributed by atoms with van der Waals surface area (Å²) >= 11 is 0. The molecule has 2 aromatic rings. The molecule has 0 spiro atoms. The number of rotatable bonds is 10. The molecule has 0 atom stereocenters. The molecule has 1 fully saturated rings. The van der Waals surface area contributed by atoms with Gasteiger partial charge in [0.1, 0.15) is 0 Å². The highest BCUT2D eigenvalue weighted by atomic mass is 15.3. The molecule has 0 amide bonds. The number of aromatic nitrogens is 1. The molecule has 0 unspecified atom stereocenters. The molecule has 162 valence electrons. The normalized spacial score (nSPS) is 15.8. The summed E-state index contributed by atoms with van der Waals surface area (Å²) in [5, 5.41) is 6.76. The van der Waals surface area contributed by atoms with Gasteiger partial charge < -0.3 is 15.5 Å². The third kappa shape index (κ3) is 8.13. The molecule has 1 aliphatic rings. The summed E-state index contributed by atoms with van der Waals surface area (Å²) in [6, 6.07) is 16.7. The van der Waals surface area contributed by atoms with Crippen molar-refractivity contribution in [2.75, 3.05) is 45.8 Å². The van der Waals surface area contributed by atoms with E-state index < -0.39 is 0 Å². The third-order valence-corrected chi connectivity index (χ3v) is 5.38. The molecule has 6 nitrogen and oxygen atoms in total. The van der Waals surface area contributed by atoms with Crippen molar-refractivity contribution in [2.24, 2.45) is 4.99 Å². The summed E-state index contributed by atoms with van der Waals surface area (Å²) in [6.45, 7) is 11.4. The molecule has 1 aromatic carbocycles. The minimum absolute atomic E-state index is 0.601. The predicted octanol–water partition coefficient (Wildman–Crippen LogP) is 2.73. The highest BCUT2D eigenvalue weighted by Gasteiger charge is 2.16. The van der Waals surface area contributed by atoms with Gasteiger partial charge in [-0.3, -0.25) is 9.88 Å². The third-order valence-electron chi connectivity index (χ3n) is 5.38. The van der Waals surface area contributed by atoms with E-state index in [2.05, 4.69) is 67.7 Å². The Balaban J connectivity index is 1.28. The second kappa shape index (κ2) is 13.0. The lowest BCUT2D eigenvalue weighted by molar-refractivity contribution is 0.126. The fourth-order valence-corrected chi connectivity index (χ4v) is 3.67. The highest BCUT2D eigenvalue weighted by molar-refractivity contribution is 5.79. The smallest absolute Gasteiger partial charge is 0.191 e. The van der Waals surface area contributed by atoms with Crippen molar-refractivity contribution < 1.29 is 0 Å². The van der Waals surface area contributed by atoms with Gasteiger partial charge >= 0.3 is 0 Å². The standard InChI is InChI=1S/C24H36N6/c1-2-25-24(28-20-23-12-6-7-13-26-23)27-14-8-9-15-29-16-18-30(19-17-29)21-22-10-4-3-5-11-22/h3-7,10-13H,2,8-9,14-21H2,1H3,(H2,25,27,28). The van der Waals surface area contributed by atoms with Gasteiger partial charge in [0, 0.05) is 52.0 Å². The van der Waals surface area contributed by atoms with E-state index in [9.17, 15) is 0 Å². The van der Waals surface area contributed by atoms with Crippen molar-refractivity contribution in [1.29, 1.82) is 0 Å². The van der Waals surface area contributed by atoms with Crippen LogP contribution in [0, 0.1) is 0 Å². The Hall–Kier alpha value is -2.44. The zero-order valence-corrected chi connectivity index (χ0v) is 18.3. The molecule has 6 heteroatoms. The van der Waals surface area contributed by atoms with Gasteiger partial charge in [-0.15, -0.1) is 0 Å². The van der Waals surface area contributed by atoms with Crippen molar-refractivity contribution >= 4 is 5.96 Å². The Kier molecular flexibility index (Phi) is 9.63. The molecule has 2 N–H and O–H groups in total. The molecular weight excluding hydrogens is 372 g/mol. The Morgan fingerprint density at radius 3 is 2.43 bits per heavy atom. The first-order chi connectivity index (χ1) is 14.8. The van der Waals surface area contributed by atoms with Crippen LogP contribution in [0.4, 0.5) is 0 Å². The van der Waals surface area contributed by atoms with Gasteiger partial charge in [-0.05, 0) is 44.0 Å². The van der Waals surface area contributed by atoms with Gasteiger partial charge in [0.2, 0.25) is 0 Å². The Bertz CT molecular complexity index is 726. The van der Waals surface area contributed by atoms with Crippen LogP contribution in [-0.2, 0) is 13.1 Å². The molecule has 30 heavy (non-hydrogen) atoms. The first-order valence-corrected chi connectivity index (χ1v) is 11.2. The van der Waals surface area contributed by atoms with Gasteiger partial charge in [-0.2, -0.15) is 0 Å². The van der Waals surface area contributed by atoms with Crippen LogP contribution in [0.1, 0.15) is 31.0 Å². The van der Waals surface area contributed by atoms with Crippen molar-refractivity contribution in [2.45, 2.75) is 32.9 Å². The van der Waals surface area contributed by atoms with Gasteiger partial charge in [0.05, 0.1) is 12.2 Å². The topological polar surface area (TPSA) is 55.8 Å². The van der Waals surface area contributed by atoms with Gasteiger partial charge in [0.15, 0.2) is 5.96 Å². The van der Waals surface area contributed by atoms with Gasteiger partial charge in [-0.1, -0.05) is 36.4 Å². The number of pyridine rings is 1. The minimum Gasteiger partial charge on any atom is -0.357 e. The number of guanidine groups is 1. The van der Waals surface area contributed by atoms with Gasteiger partial charge in [0.25, 0.3) is 0 Å². The van der Waals surface area contributed by atoms with Crippen LogP contribution >= 0.6 is 0 Å². The Morgan fingerprint density at radius 2 is 1.70 bits per heavy atom. The van der Waals surface area contributed by atoms with Crippen molar-refractivity contribution in [3.8, 4) is 0 Å². The number of hydrogen-bond acceptors (Lipinski definition) is 4. The first kappa shape index (κ1) is 22.2. The van der Waals surface area contributed by atoms with E-state index in [-0.39, 0.29) is 0 Å². The largest absolute Gasteiger partial charge is 0.357 e. The maximum Gasteiger partial charge on any atom is 0.191 e. The molecular formula is C24H36N6. The molecule has 3 rings (SSSR count). The fraction of sp³-hybridized carbons (Fsp3) is 0.500. The molecule has 0 saturated carbocycles. The molecule has 0 bridgehead atoms. The van der Waals surface area contributed by atoms with Crippen LogP contribution < -0.4 is 10.6 Å². The van der Waals surface area contributed by atoms with Crippen LogP contribution in [0.25, 0.3) is 0 Å². The Morgan fingerprint density at radius 1 is 0.933 bits per heavy atom. The van der Waals surface area contributed by atoms with Crippen LogP contribution in [0.2, 0.25) is 0 Å². The fourth-order valence-electron chi connectivity index (χ4n) is 3.67. The van der Waals surface area contributed by atoms with Crippen LogP contribution in [0.5, 0.6) is 0 Å². The number of piperazine rings is 1. The van der Waals surface area contributed by atoms with Crippen molar-refractivity contribution in [1.82, 2.24) is 25.4 Å². The van der Waals surface area contributed by atoms with E-state index in [4.69, 9.17) is 0 Å². The summed E-state index contributed by atoms with van der Waals surface area (Å²) in [5.41, 5.74) is 2.40. The van der Waals surface area contributed by atoms with Crippen LogP contribution in [0.15, 0.2) is 59.7 Å². The first-order valence-electron chi connectivity index (χ1n) is 11.2. The zero-order valence-electron chi connectivity index (χ0n) is 18.3. The highest BCUT2D eigenvalue weighted by Crippen LogP contribution is 2.09. The SMILES string of the molecule is CCNC(=NCc1ccccn1)NCCCCN1CCN(Cc2ccccc2)CC1. The zero-order chi connectivity index (χ0) is 20.9. The molecule has 2 heterocycles. The second-order valence-corrected chi connectivity index (χ2v) is 7.75.